The van der Waals surface area contributed by atoms with E-state index < -0.39 is 0 Å². The lowest BCUT2D eigenvalue weighted by atomic mass is 10.1. The van der Waals surface area contributed by atoms with Crippen molar-refractivity contribution in [2.24, 2.45) is 0 Å². The van der Waals surface area contributed by atoms with Gasteiger partial charge in [0, 0.05) is 38.4 Å². The Hall–Kier alpha value is -3.17. The molecule has 2 aliphatic rings. The predicted octanol–water partition coefficient (Wildman–Crippen LogP) is 2.94. The van der Waals surface area contributed by atoms with Crippen LogP contribution < -0.4 is 15.4 Å². The van der Waals surface area contributed by atoms with Gasteiger partial charge in [0.15, 0.2) is 0 Å². The largest absolute Gasteiger partial charge is 0.497 e. The summed E-state index contributed by atoms with van der Waals surface area (Å²) in [6, 6.07) is 13.8. The molecule has 0 bridgehead atoms. The average molecular weight is 484 g/mol. The van der Waals surface area contributed by atoms with E-state index in [2.05, 4.69) is 27.7 Å². The lowest BCUT2D eigenvalue weighted by Gasteiger charge is -2.35. The first-order chi connectivity index (χ1) is 17.0. The Labute approximate surface area is 206 Å². The zero-order chi connectivity index (χ0) is 24.6. The Bertz CT molecular complexity index is 971. The van der Waals surface area contributed by atoms with Gasteiger partial charge in [-0.3, -0.25) is 14.6 Å². The molecule has 0 aromatic heterocycles. The van der Waals surface area contributed by atoms with Gasteiger partial charge < -0.3 is 20.3 Å². The third-order valence-corrected chi connectivity index (χ3v) is 6.68. The summed E-state index contributed by atoms with van der Waals surface area (Å²) in [5.41, 5.74) is 1.74. The highest BCUT2D eigenvalue weighted by Crippen LogP contribution is 2.26. The minimum atomic E-state index is -0.340. The van der Waals surface area contributed by atoms with E-state index in [1.165, 1.54) is 42.7 Å². The molecule has 9 heteroatoms. The molecule has 2 N–H and O–H groups in total. The number of likely N-dealkylation sites (tertiary alicyclic amines) is 1. The normalized spacial score (nSPS) is 17.7. The summed E-state index contributed by atoms with van der Waals surface area (Å²) in [5.74, 6) is 0.331. The Morgan fingerprint density at radius 3 is 2.23 bits per heavy atom. The summed E-state index contributed by atoms with van der Waals surface area (Å²) in [4.78, 5) is 31.5. The fourth-order valence-corrected chi connectivity index (χ4v) is 4.68. The molecule has 1 atom stereocenters. The molecule has 3 amide bonds. The van der Waals surface area contributed by atoms with E-state index in [1.807, 2.05) is 21.9 Å². The van der Waals surface area contributed by atoms with Crippen LogP contribution in [-0.2, 0) is 4.79 Å². The highest BCUT2D eigenvalue weighted by molar-refractivity contribution is 5.92. The number of amides is 3. The molecule has 4 rings (SSSR count). The Kier molecular flexibility index (Phi) is 8.54. The molecule has 0 spiro atoms. The van der Waals surface area contributed by atoms with Crippen LogP contribution in [0.2, 0.25) is 0 Å². The Morgan fingerprint density at radius 2 is 1.60 bits per heavy atom. The molecule has 0 aliphatic carbocycles. The monoisotopic (exact) mass is 483 g/mol. The minimum Gasteiger partial charge on any atom is -0.497 e. The predicted molar refractivity (Wildman–Crippen MR) is 133 cm³/mol. The number of methoxy groups -OCH3 is 1. The molecule has 0 saturated carbocycles. The van der Waals surface area contributed by atoms with Crippen LogP contribution in [0.15, 0.2) is 48.5 Å². The van der Waals surface area contributed by atoms with Gasteiger partial charge in [-0.15, -0.1) is 0 Å². The van der Waals surface area contributed by atoms with Gasteiger partial charge in [0.2, 0.25) is 5.91 Å². The molecule has 2 aromatic carbocycles. The van der Waals surface area contributed by atoms with Gasteiger partial charge in [-0.25, -0.2) is 9.18 Å². The van der Waals surface area contributed by atoms with Crippen molar-refractivity contribution in [2.75, 3.05) is 64.8 Å². The first-order valence-corrected chi connectivity index (χ1v) is 12.2. The highest BCUT2D eigenvalue weighted by atomic mass is 19.1. The molecular formula is C26H34FN5O3. The Morgan fingerprint density at radius 1 is 0.943 bits per heavy atom. The molecule has 2 aliphatic heterocycles. The molecule has 0 radical (unpaired) electrons. The van der Waals surface area contributed by atoms with Crippen LogP contribution in [0.1, 0.15) is 24.4 Å². The van der Waals surface area contributed by atoms with Crippen LogP contribution in [0.5, 0.6) is 5.75 Å². The molecule has 2 saturated heterocycles. The number of rotatable bonds is 8. The standard InChI is InChI=1S/C26H34FN5O3/c1-35-23-10-4-20(5-11-23)24(31-12-2-3-13-31)18-28-26(34)32-16-14-30(15-17-32)19-25(33)29-22-8-6-21(27)7-9-22/h4-11,24H,2-3,12-19H2,1H3,(H,28,34)(H,29,33). The van der Waals surface area contributed by atoms with Crippen LogP contribution in [-0.4, -0.2) is 86.1 Å². The maximum Gasteiger partial charge on any atom is 0.317 e. The molecule has 2 fully saturated rings. The maximum absolute atomic E-state index is 13.0. The lowest BCUT2D eigenvalue weighted by Crippen LogP contribution is -2.53. The molecule has 8 nitrogen and oxygen atoms in total. The fourth-order valence-electron chi connectivity index (χ4n) is 4.68. The number of hydrogen-bond donors (Lipinski definition) is 2. The van der Waals surface area contributed by atoms with Crippen molar-refractivity contribution >= 4 is 17.6 Å². The second-order valence-corrected chi connectivity index (χ2v) is 9.04. The summed E-state index contributed by atoms with van der Waals surface area (Å²) in [6.07, 6.45) is 2.36. The molecular weight excluding hydrogens is 449 g/mol. The number of benzene rings is 2. The van der Waals surface area contributed by atoms with Gasteiger partial charge in [-0.1, -0.05) is 12.1 Å². The van der Waals surface area contributed by atoms with Crippen LogP contribution >= 0.6 is 0 Å². The molecule has 2 aromatic rings. The molecule has 188 valence electrons. The van der Waals surface area contributed by atoms with Crippen LogP contribution in [0.25, 0.3) is 0 Å². The van der Waals surface area contributed by atoms with E-state index in [4.69, 9.17) is 4.74 Å². The summed E-state index contributed by atoms with van der Waals surface area (Å²) >= 11 is 0. The van der Waals surface area contributed by atoms with Gasteiger partial charge in [0.05, 0.1) is 19.7 Å². The van der Waals surface area contributed by atoms with E-state index >= 15 is 0 Å². The van der Waals surface area contributed by atoms with E-state index in [0.717, 1.165) is 18.8 Å². The number of piperazine rings is 1. The van der Waals surface area contributed by atoms with E-state index in [1.54, 1.807) is 7.11 Å². The van der Waals surface area contributed by atoms with Crippen LogP contribution in [0.4, 0.5) is 14.9 Å². The molecule has 1 unspecified atom stereocenters. The second-order valence-electron chi connectivity index (χ2n) is 9.04. The van der Waals surface area contributed by atoms with Gasteiger partial charge in [0.25, 0.3) is 0 Å². The smallest absolute Gasteiger partial charge is 0.317 e. The highest BCUT2D eigenvalue weighted by Gasteiger charge is 2.26. The third kappa shape index (κ3) is 6.93. The SMILES string of the molecule is COc1ccc(C(CNC(=O)N2CCN(CC(=O)Nc3ccc(F)cc3)CC2)N2CCCC2)cc1. The number of carbonyl (C=O) groups is 2. The first-order valence-electron chi connectivity index (χ1n) is 12.2. The van der Waals surface area contributed by atoms with Crippen LogP contribution in [0.3, 0.4) is 0 Å². The lowest BCUT2D eigenvalue weighted by molar-refractivity contribution is -0.117. The number of halogens is 1. The van der Waals surface area contributed by atoms with E-state index in [9.17, 15) is 14.0 Å². The zero-order valence-electron chi connectivity index (χ0n) is 20.2. The van der Waals surface area contributed by atoms with E-state index in [-0.39, 0.29) is 30.3 Å². The van der Waals surface area contributed by atoms with Crippen molar-refractivity contribution in [2.45, 2.75) is 18.9 Å². The number of nitrogens with one attached hydrogen (secondary N) is 2. The van der Waals surface area contributed by atoms with Crippen LogP contribution in [0, 0.1) is 5.82 Å². The van der Waals surface area contributed by atoms with Crippen molar-refractivity contribution in [3.63, 3.8) is 0 Å². The van der Waals surface area contributed by atoms with Gasteiger partial charge in [0.1, 0.15) is 11.6 Å². The van der Waals surface area contributed by atoms with Gasteiger partial charge >= 0.3 is 6.03 Å². The number of urea groups is 1. The number of carbonyl (C=O) groups excluding carboxylic acids is 2. The zero-order valence-corrected chi connectivity index (χ0v) is 20.2. The summed E-state index contributed by atoms with van der Waals surface area (Å²) < 4.78 is 18.3. The number of hydrogen-bond acceptors (Lipinski definition) is 5. The summed E-state index contributed by atoms with van der Waals surface area (Å²) in [7, 11) is 1.66. The number of anilines is 1. The van der Waals surface area contributed by atoms with E-state index in [0.29, 0.717) is 38.4 Å². The minimum absolute atomic E-state index is 0.0712. The molecule has 35 heavy (non-hydrogen) atoms. The third-order valence-electron chi connectivity index (χ3n) is 6.68. The van der Waals surface area contributed by atoms with Crippen molar-refractivity contribution in [3.8, 4) is 5.75 Å². The van der Waals surface area contributed by atoms with Crippen molar-refractivity contribution in [1.82, 2.24) is 20.0 Å². The van der Waals surface area contributed by atoms with Crippen molar-refractivity contribution in [3.05, 3.63) is 59.9 Å². The summed E-state index contributed by atoms with van der Waals surface area (Å²) in [6.45, 7) is 5.22. The quantitative estimate of drug-likeness (QED) is 0.604. The average Bonchev–Trinajstić information content (AvgIpc) is 3.41. The number of nitrogens with zero attached hydrogens (tertiary/aromatic N) is 3. The summed E-state index contributed by atoms with van der Waals surface area (Å²) in [5, 5.41) is 5.91. The molecule has 2 heterocycles. The Balaban J connectivity index is 1.24. The van der Waals surface area contributed by atoms with Gasteiger partial charge in [-0.05, 0) is 67.9 Å². The van der Waals surface area contributed by atoms with Gasteiger partial charge in [-0.2, -0.15) is 0 Å². The number of ether oxygens (including phenoxy) is 1. The van der Waals surface area contributed by atoms with Crippen molar-refractivity contribution < 1.29 is 18.7 Å². The van der Waals surface area contributed by atoms with Crippen molar-refractivity contribution in [1.29, 1.82) is 0 Å². The maximum atomic E-state index is 13.0. The first kappa shape index (κ1) is 24.9. The second kappa shape index (κ2) is 12.0. The fraction of sp³-hybridized carbons (Fsp3) is 0.462. The topological polar surface area (TPSA) is 77.1 Å².